The van der Waals surface area contributed by atoms with Crippen LogP contribution in [0.25, 0.3) is 11.3 Å². The van der Waals surface area contributed by atoms with E-state index in [1.807, 2.05) is 36.1 Å². The maximum Gasteiger partial charge on any atom is 0.294 e. The van der Waals surface area contributed by atoms with Crippen molar-refractivity contribution in [1.29, 1.82) is 0 Å². The average molecular weight is 375 g/mol. The van der Waals surface area contributed by atoms with Crippen LogP contribution in [0.4, 0.5) is 5.69 Å². The van der Waals surface area contributed by atoms with Crippen molar-refractivity contribution in [3.05, 3.63) is 71.5 Å². The van der Waals surface area contributed by atoms with E-state index in [-0.39, 0.29) is 17.6 Å². The Kier molecular flexibility index (Phi) is 4.93. The zero-order valence-electron chi connectivity index (χ0n) is 15.6. The van der Waals surface area contributed by atoms with Gasteiger partial charge in [0.1, 0.15) is 5.69 Å². The first-order valence-electron chi connectivity index (χ1n) is 9.34. The van der Waals surface area contributed by atoms with Crippen LogP contribution in [0.1, 0.15) is 39.3 Å². The molecule has 1 aromatic heterocycles. The van der Waals surface area contributed by atoms with Gasteiger partial charge in [-0.05, 0) is 44.0 Å². The first-order chi connectivity index (χ1) is 13.6. The molecule has 1 aliphatic rings. The van der Waals surface area contributed by atoms with Gasteiger partial charge < -0.3 is 14.7 Å². The summed E-state index contributed by atoms with van der Waals surface area (Å²) in [4.78, 5) is 26.7. The Hall–Kier alpha value is -3.41. The van der Waals surface area contributed by atoms with Gasteiger partial charge in [-0.25, -0.2) is 0 Å². The van der Waals surface area contributed by atoms with Gasteiger partial charge in [0.05, 0.1) is 0 Å². The lowest BCUT2D eigenvalue weighted by molar-refractivity contribution is 0.0792. The highest BCUT2D eigenvalue weighted by Gasteiger charge is 2.19. The molecule has 0 radical (unpaired) electrons. The second kappa shape index (κ2) is 7.68. The molecule has 142 valence electrons. The highest BCUT2D eigenvalue weighted by molar-refractivity contribution is 6.03. The van der Waals surface area contributed by atoms with E-state index in [0.29, 0.717) is 16.9 Å². The van der Waals surface area contributed by atoms with Gasteiger partial charge in [0.25, 0.3) is 11.8 Å². The van der Waals surface area contributed by atoms with Crippen molar-refractivity contribution in [1.82, 2.24) is 10.1 Å². The van der Waals surface area contributed by atoms with E-state index in [0.717, 1.165) is 37.1 Å². The minimum Gasteiger partial charge on any atom is -0.350 e. The number of hydrogen-bond donors (Lipinski definition) is 1. The minimum atomic E-state index is -0.385. The van der Waals surface area contributed by atoms with Gasteiger partial charge in [0.15, 0.2) is 0 Å². The van der Waals surface area contributed by atoms with Crippen LogP contribution in [0.15, 0.2) is 59.1 Å². The Morgan fingerprint density at radius 1 is 1.00 bits per heavy atom. The number of amides is 2. The number of nitrogens with zero attached hydrogens (tertiary/aromatic N) is 2. The first-order valence-corrected chi connectivity index (χ1v) is 9.34. The van der Waals surface area contributed by atoms with E-state index in [9.17, 15) is 9.59 Å². The maximum atomic E-state index is 12.4. The van der Waals surface area contributed by atoms with Crippen molar-refractivity contribution in [3.63, 3.8) is 0 Å². The standard InChI is InChI=1S/C22H21N3O3/c1-15-4-6-16(7-5-15)19-14-20(28-24-19)21(26)23-18-10-8-17(9-11-18)22(27)25-12-2-3-13-25/h4-11,14H,2-3,12-13H2,1H3,(H,23,26). The number of hydrogen-bond acceptors (Lipinski definition) is 4. The number of benzene rings is 2. The SMILES string of the molecule is Cc1ccc(-c2cc(C(=O)Nc3ccc(C(=O)N4CCCC4)cc3)on2)cc1. The van der Waals surface area contributed by atoms with E-state index in [1.165, 1.54) is 0 Å². The molecular formula is C22H21N3O3. The summed E-state index contributed by atoms with van der Waals surface area (Å²) in [5, 5.41) is 6.74. The maximum absolute atomic E-state index is 12.4. The lowest BCUT2D eigenvalue weighted by Gasteiger charge is -2.15. The summed E-state index contributed by atoms with van der Waals surface area (Å²) in [5.41, 5.74) is 3.87. The van der Waals surface area contributed by atoms with E-state index >= 15 is 0 Å². The van der Waals surface area contributed by atoms with Gasteiger partial charge in [-0.3, -0.25) is 9.59 Å². The molecule has 0 bridgehead atoms. The molecule has 0 aliphatic carbocycles. The minimum absolute atomic E-state index is 0.0355. The highest BCUT2D eigenvalue weighted by atomic mass is 16.5. The van der Waals surface area contributed by atoms with Crippen LogP contribution in [-0.4, -0.2) is 35.0 Å². The molecule has 2 aromatic carbocycles. The van der Waals surface area contributed by atoms with E-state index in [2.05, 4.69) is 10.5 Å². The van der Waals surface area contributed by atoms with Gasteiger partial charge in [0, 0.05) is 36.0 Å². The third-order valence-electron chi connectivity index (χ3n) is 4.86. The van der Waals surface area contributed by atoms with Crippen LogP contribution in [0.2, 0.25) is 0 Å². The molecule has 1 saturated heterocycles. The molecule has 28 heavy (non-hydrogen) atoms. The smallest absolute Gasteiger partial charge is 0.294 e. The summed E-state index contributed by atoms with van der Waals surface area (Å²) in [6.45, 7) is 3.63. The number of anilines is 1. The summed E-state index contributed by atoms with van der Waals surface area (Å²) in [6.07, 6.45) is 2.11. The molecule has 0 unspecified atom stereocenters. The topological polar surface area (TPSA) is 75.4 Å². The van der Waals surface area contributed by atoms with Crippen LogP contribution in [0.5, 0.6) is 0 Å². The molecule has 0 saturated carbocycles. The average Bonchev–Trinajstić information content (AvgIpc) is 3.41. The number of nitrogens with one attached hydrogen (secondary N) is 1. The molecule has 6 heteroatoms. The Morgan fingerprint density at radius 3 is 2.36 bits per heavy atom. The molecule has 6 nitrogen and oxygen atoms in total. The molecule has 0 atom stereocenters. The molecule has 4 rings (SSSR count). The Balaban J connectivity index is 1.42. The molecule has 0 spiro atoms. The van der Waals surface area contributed by atoms with E-state index in [4.69, 9.17) is 4.52 Å². The second-order valence-electron chi connectivity index (χ2n) is 6.97. The van der Waals surface area contributed by atoms with Crippen molar-refractivity contribution < 1.29 is 14.1 Å². The fraction of sp³-hybridized carbons (Fsp3) is 0.227. The Labute approximate surface area is 163 Å². The largest absolute Gasteiger partial charge is 0.350 e. The normalized spacial score (nSPS) is 13.5. The number of likely N-dealkylation sites (tertiary alicyclic amines) is 1. The fourth-order valence-corrected chi connectivity index (χ4v) is 3.23. The van der Waals surface area contributed by atoms with Crippen LogP contribution >= 0.6 is 0 Å². The predicted octanol–water partition coefficient (Wildman–Crippen LogP) is 4.14. The van der Waals surface area contributed by atoms with Gasteiger partial charge >= 0.3 is 0 Å². The number of carbonyl (C=O) groups is 2. The van der Waals surface area contributed by atoms with Gasteiger partial charge in [-0.15, -0.1) is 0 Å². The van der Waals surface area contributed by atoms with Gasteiger partial charge in [-0.1, -0.05) is 35.0 Å². The monoisotopic (exact) mass is 375 g/mol. The Morgan fingerprint density at radius 2 is 1.68 bits per heavy atom. The third-order valence-corrected chi connectivity index (χ3v) is 4.86. The Bertz CT molecular complexity index is 985. The van der Waals surface area contributed by atoms with Crippen molar-refractivity contribution >= 4 is 17.5 Å². The van der Waals surface area contributed by atoms with Crippen molar-refractivity contribution in [2.45, 2.75) is 19.8 Å². The first kappa shape index (κ1) is 18.0. The quantitative estimate of drug-likeness (QED) is 0.744. The molecule has 3 aromatic rings. The number of aromatic nitrogens is 1. The zero-order chi connectivity index (χ0) is 19.5. The lowest BCUT2D eigenvalue weighted by atomic mass is 10.1. The lowest BCUT2D eigenvalue weighted by Crippen LogP contribution is -2.27. The zero-order valence-corrected chi connectivity index (χ0v) is 15.6. The second-order valence-corrected chi connectivity index (χ2v) is 6.97. The summed E-state index contributed by atoms with van der Waals surface area (Å²) >= 11 is 0. The molecule has 2 amide bonds. The summed E-state index contributed by atoms with van der Waals surface area (Å²) < 4.78 is 5.19. The van der Waals surface area contributed by atoms with Crippen molar-refractivity contribution in [2.24, 2.45) is 0 Å². The van der Waals surface area contributed by atoms with Gasteiger partial charge in [-0.2, -0.15) is 0 Å². The van der Waals surface area contributed by atoms with E-state index in [1.54, 1.807) is 30.3 Å². The summed E-state index contributed by atoms with van der Waals surface area (Å²) in [7, 11) is 0. The molecule has 2 heterocycles. The van der Waals surface area contributed by atoms with Crippen LogP contribution in [0.3, 0.4) is 0 Å². The fourth-order valence-electron chi connectivity index (χ4n) is 3.23. The number of aryl methyl sites for hydroxylation is 1. The van der Waals surface area contributed by atoms with Crippen LogP contribution in [-0.2, 0) is 0 Å². The van der Waals surface area contributed by atoms with Crippen LogP contribution in [0, 0.1) is 6.92 Å². The highest BCUT2D eigenvalue weighted by Crippen LogP contribution is 2.21. The number of rotatable bonds is 4. The molecular weight excluding hydrogens is 354 g/mol. The van der Waals surface area contributed by atoms with Crippen LogP contribution < -0.4 is 5.32 Å². The number of carbonyl (C=O) groups excluding carboxylic acids is 2. The summed E-state index contributed by atoms with van der Waals surface area (Å²) in [6, 6.07) is 16.4. The van der Waals surface area contributed by atoms with Crippen molar-refractivity contribution in [2.75, 3.05) is 18.4 Å². The third kappa shape index (κ3) is 3.81. The predicted molar refractivity (Wildman–Crippen MR) is 106 cm³/mol. The summed E-state index contributed by atoms with van der Waals surface area (Å²) in [5.74, 6) is -0.217. The van der Waals surface area contributed by atoms with Crippen molar-refractivity contribution in [3.8, 4) is 11.3 Å². The molecule has 1 N–H and O–H groups in total. The molecule has 1 fully saturated rings. The molecule has 1 aliphatic heterocycles. The van der Waals surface area contributed by atoms with Gasteiger partial charge in [0.2, 0.25) is 5.76 Å². The van der Waals surface area contributed by atoms with E-state index < -0.39 is 0 Å².